The molecular weight excluding hydrogens is 732 g/mol. The summed E-state index contributed by atoms with van der Waals surface area (Å²) in [5.74, 6) is -0.193. The molecule has 0 saturated heterocycles. The minimum atomic E-state index is -4.33. The SMILES string of the molecule is CC/C=C\C/C=C\C/C=C\C/C=C\C/C=C\CCCCCC(=O)NC(COP(=O)(O)OCCN)C(O)CCCCCCCCCCCCCCCCCCCCC. The zero-order valence-electron chi connectivity index (χ0n) is 36.8. The molecule has 0 spiro atoms. The van der Waals surface area contributed by atoms with Gasteiger partial charge in [-0.25, -0.2) is 4.57 Å². The molecule has 332 valence electrons. The summed E-state index contributed by atoms with van der Waals surface area (Å²) in [5.41, 5.74) is 5.39. The standard InChI is InChI=1S/C48H89N2O6P/c1-3-5-7-9-11-13-15-17-19-21-23-25-27-29-31-33-35-37-39-41-47(51)46(45-56-57(53,54)55-44-43-49)50-48(52)42-40-38-36-34-32-30-28-26-24-22-20-18-16-14-12-10-8-6-4-2/h6,8,12,14,18,20,24,26,30,32,46-47,51H,3-5,7,9-11,13,15-17,19,21-23,25,27-29,31,33-45,49H2,1-2H3,(H,50,52)(H,53,54)/b8-6-,14-12-,20-18-,26-24-,32-30-. The molecule has 0 rings (SSSR count). The van der Waals surface area contributed by atoms with E-state index in [1.54, 1.807) is 0 Å². The highest BCUT2D eigenvalue weighted by Gasteiger charge is 2.27. The third kappa shape index (κ3) is 42.1. The van der Waals surface area contributed by atoms with Crippen molar-refractivity contribution in [2.75, 3.05) is 19.8 Å². The van der Waals surface area contributed by atoms with E-state index in [0.29, 0.717) is 12.8 Å². The normalized spacial score (nSPS) is 14.5. The summed E-state index contributed by atoms with van der Waals surface area (Å²) in [6.07, 6.45) is 55.2. The second-order valence-corrected chi connectivity index (χ2v) is 17.0. The Bertz CT molecular complexity index is 1080. The number of unbranched alkanes of at least 4 members (excludes halogenated alkanes) is 21. The Labute approximate surface area is 351 Å². The van der Waals surface area contributed by atoms with Gasteiger partial charge in [0.25, 0.3) is 0 Å². The van der Waals surface area contributed by atoms with Gasteiger partial charge < -0.3 is 21.1 Å². The summed E-state index contributed by atoms with van der Waals surface area (Å²) in [5, 5.41) is 13.8. The first-order valence-corrected chi connectivity index (χ1v) is 24.9. The van der Waals surface area contributed by atoms with Gasteiger partial charge in [0.2, 0.25) is 5.91 Å². The van der Waals surface area contributed by atoms with Crippen LogP contribution in [0.4, 0.5) is 0 Å². The van der Waals surface area contributed by atoms with Gasteiger partial charge >= 0.3 is 7.82 Å². The number of nitrogens with one attached hydrogen (secondary N) is 1. The van der Waals surface area contributed by atoms with E-state index in [9.17, 15) is 19.4 Å². The maximum Gasteiger partial charge on any atom is 0.472 e. The Morgan fingerprint density at radius 2 is 1.02 bits per heavy atom. The lowest BCUT2D eigenvalue weighted by atomic mass is 10.0. The van der Waals surface area contributed by atoms with E-state index in [1.165, 1.54) is 103 Å². The third-order valence-electron chi connectivity index (χ3n) is 10.1. The van der Waals surface area contributed by atoms with Crippen LogP contribution in [0, 0.1) is 0 Å². The molecule has 0 aliphatic heterocycles. The number of allylic oxidation sites excluding steroid dienone is 10. The van der Waals surface area contributed by atoms with Gasteiger partial charge in [-0.1, -0.05) is 203 Å². The van der Waals surface area contributed by atoms with Gasteiger partial charge in [0.1, 0.15) is 0 Å². The molecule has 0 aliphatic carbocycles. The van der Waals surface area contributed by atoms with Crippen LogP contribution < -0.4 is 11.1 Å². The van der Waals surface area contributed by atoms with E-state index >= 15 is 0 Å². The molecular formula is C48H89N2O6P. The van der Waals surface area contributed by atoms with Crippen molar-refractivity contribution in [1.82, 2.24) is 5.32 Å². The van der Waals surface area contributed by atoms with Crippen LogP contribution in [0.1, 0.15) is 206 Å². The van der Waals surface area contributed by atoms with Crippen LogP contribution in [-0.4, -0.2) is 47.8 Å². The summed E-state index contributed by atoms with van der Waals surface area (Å²) < 4.78 is 22.2. The van der Waals surface area contributed by atoms with E-state index < -0.39 is 20.0 Å². The Hall–Kier alpha value is -1.80. The van der Waals surface area contributed by atoms with Gasteiger partial charge in [-0.2, -0.15) is 0 Å². The highest BCUT2D eigenvalue weighted by atomic mass is 31.2. The van der Waals surface area contributed by atoms with E-state index in [2.05, 4.69) is 79.9 Å². The summed E-state index contributed by atoms with van der Waals surface area (Å²) in [6, 6.07) is -0.795. The molecule has 9 heteroatoms. The Balaban J connectivity index is 4.19. The van der Waals surface area contributed by atoms with Crippen molar-refractivity contribution in [3.63, 3.8) is 0 Å². The van der Waals surface area contributed by atoms with Crippen LogP contribution in [0.25, 0.3) is 0 Å². The average Bonchev–Trinajstić information content (AvgIpc) is 3.20. The minimum Gasteiger partial charge on any atom is -0.391 e. The molecule has 1 amide bonds. The monoisotopic (exact) mass is 821 g/mol. The van der Waals surface area contributed by atoms with Crippen LogP contribution in [0.5, 0.6) is 0 Å². The van der Waals surface area contributed by atoms with Crippen LogP contribution in [0.3, 0.4) is 0 Å². The van der Waals surface area contributed by atoms with Crippen LogP contribution in [-0.2, 0) is 18.4 Å². The highest BCUT2D eigenvalue weighted by molar-refractivity contribution is 7.47. The Morgan fingerprint density at radius 3 is 1.47 bits per heavy atom. The Kier molecular flexibility index (Phi) is 42.4. The van der Waals surface area contributed by atoms with Crippen molar-refractivity contribution in [2.45, 2.75) is 219 Å². The number of phosphoric acid groups is 1. The van der Waals surface area contributed by atoms with Gasteiger partial charge in [0, 0.05) is 13.0 Å². The van der Waals surface area contributed by atoms with E-state index in [0.717, 1.165) is 77.0 Å². The van der Waals surface area contributed by atoms with Crippen LogP contribution in [0.15, 0.2) is 60.8 Å². The van der Waals surface area contributed by atoms with Gasteiger partial charge in [-0.15, -0.1) is 0 Å². The lowest BCUT2D eigenvalue weighted by Gasteiger charge is -2.25. The maximum absolute atomic E-state index is 12.8. The molecule has 0 aromatic heterocycles. The number of aliphatic hydroxyl groups is 1. The number of carbonyl (C=O) groups excluding carboxylic acids is 1. The molecule has 0 aromatic rings. The second-order valence-electron chi connectivity index (χ2n) is 15.6. The number of hydrogen-bond acceptors (Lipinski definition) is 6. The predicted octanol–water partition coefficient (Wildman–Crippen LogP) is 13.4. The quantitative estimate of drug-likeness (QED) is 0.0274. The molecule has 8 nitrogen and oxygen atoms in total. The fourth-order valence-corrected chi connectivity index (χ4v) is 7.39. The number of nitrogens with two attached hydrogens (primary N) is 1. The average molecular weight is 821 g/mol. The lowest BCUT2D eigenvalue weighted by molar-refractivity contribution is -0.123. The summed E-state index contributed by atoms with van der Waals surface area (Å²) >= 11 is 0. The predicted molar refractivity (Wildman–Crippen MR) is 244 cm³/mol. The molecule has 0 aliphatic rings. The zero-order valence-corrected chi connectivity index (χ0v) is 37.7. The van der Waals surface area contributed by atoms with Gasteiger partial charge in [-0.05, 0) is 57.8 Å². The highest BCUT2D eigenvalue weighted by Crippen LogP contribution is 2.43. The molecule has 57 heavy (non-hydrogen) atoms. The number of rotatable bonds is 43. The first kappa shape index (κ1) is 55.2. The topological polar surface area (TPSA) is 131 Å². The van der Waals surface area contributed by atoms with Crippen molar-refractivity contribution < 1.29 is 28.4 Å². The first-order chi connectivity index (χ1) is 27.9. The first-order valence-electron chi connectivity index (χ1n) is 23.4. The number of hydrogen-bond donors (Lipinski definition) is 4. The molecule has 0 fully saturated rings. The summed E-state index contributed by atoms with van der Waals surface area (Å²) in [7, 11) is -4.33. The third-order valence-corrected chi connectivity index (χ3v) is 11.1. The molecule has 0 heterocycles. The summed E-state index contributed by atoms with van der Waals surface area (Å²) in [4.78, 5) is 22.8. The van der Waals surface area contributed by atoms with Gasteiger partial charge in [-0.3, -0.25) is 13.8 Å². The number of aliphatic hydroxyl groups excluding tert-OH is 1. The smallest absolute Gasteiger partial charge is 0.391 e. The maximum atomic E-state index is 12.8. The van der Waals surface area contributed by atoms with E-state index in [-0.39, 0.29) is 25.7 Å². The minimum absolute atomic E-state index is 0.0805. The van der Waals surface area contributed by atoms with Crippen LogP contribution >= 0.6 is 7.82 Å². The number of carbonyl (C=O) groups is 1. The van der Waals surface area contributed by atoms with Gasteiger partial charge in [0.15, 0.2) is 0 Å². The molecule has 0 bridgehead atoms. The van der Waals surface area contributed by atoms with E-state index in [1.807, 2.05) is 0 Å². The molecule has 5 N–H and O–H groups in total. The lowest BCUT2D eigenvalue weighted by Crippen LogP contribution is -2.46. The molecule has 3 unspecified atom stereocenters. The van der Waals surface area contributed by atoms with E-state index in [4.69, 9.17) is 14.8 Å². The van der Waals surface area contributed by atoms with Gasteiger partial charge in [0.05, 0.1) is 25.4 Å². The second kappa shape index (κ2) is 43.8. The van der Waals surface area contributed by atoms with Crippen LogP contribution in [0.2, 0.25) is 0 Å². The molecule has 0 radical (unpaired) electrons. The summed E-state index contributed by atoms with van der Waals surface area (Å²) in [6.45, 7) is 4.07. The van der Waals surface area contributed by atoms with Crippen molar-refractivity contribution >= 4 is 13.7 Å². The fourth-order valence-electron chi connectivity index (χ4n) is 6.63. The van der Waals surface area contributed by atoms with Crippen molar-refractivity contribution in [3.05, 3.63) is 60.8 Å². The number of amides is 1. The Morgan fingerprint density at radius 1 is 0.596 bits per heavy atom. The molecule has 0 aromatic carbocycles. The zero-order chi connectivity index (χ0) is 41.8. The largest absolute Gasteiger partial charge is 0.472 e. The van der Waals surface area contributed by atoms with Crippen molar-refractivity contribution in [1.29, 1.82) is 0 Å². The number of phosphoric ester groups is 1. The molecule has 3 atom stereocenters. The van der Waals surface area contributed by atoms with Crippen molar-refractivity contribution in [2.24, 2.45) is 5.73 Å². The fraction of sp³-hybridized carbons (Fsp3) is 0.771. The molecule has 0 saturated carbocycles. The van der Waals surface area contributed by atoms with Crippen molar-refractivity contribution in [3.8, 4) is 0 Å².